The highest BCUT2D eigenvalue weighted by Gasteiger charge is 2.51. The summed E-state index contributed by atoms with van der Waals surface area (Å²) in [5, 5.41) is 12.9. The maximum atomic E-state index is 14.3. The number of carbonyl (C=O) groups is 1. The number of hydrogen-bond acceptors (Lipinski definition) is 6. The topological polar surface area (TPSA) is 111 Å². The second-order valence-corrected chi connectivity index (χ2v) is 7.28. The number of fused-ring (bicyclic) bond motifs is 3. The van der Waals surface area contributed by atoms with Crippen LogP contribution >= 0.6 is 0 Å². The SMILES string of the molecule is N#CCCN1CC2CC(C1=O)N2c1nc2c(cnn2-c2ccc(F)cc2F)c(=O)[nH]1. The molecule has 3 fully saturated rings. The van der Waals surface area contributed by atoms with Crippen LogP contribution in [0.25, 0.3) is 16.7 Å². The Morgan fingerprint density at radius 2 is 2.13 bits per heavy atom. The summed E-state index contributed by atoms with van der Waals surface area (Å²) < 4.78 is 28.7. The van der Waals surface area contributed by atoms with E-state index >= 15 is 0 Å². The Labute approximate surface area is 168 Å². The minimum absolute atomic E-state index is 0.0362. The van der Waals surface area contributed by atoms with Crippen molar-refractivity contribution in [2.75, 3.05) is 18.0 Å². The number of piperidine rings is 1. The van der Waals surface area contributed by atoms with Crippen molar-refractivity contribution in [3.05, 3.63) is 46.4 Å². The van der Waals surface area contributed by atoms with Gasteiger partial charge in [0, 0.05) is 19.2 Å². The van der Waals surface area contributed by atoms with Gasteiger partial charge in [0.15, 0.2) is 11.5 Å². The fourth-order valence-electron chi connectivity index (χ4n) is 4.10. The van der Waals surface area contributed by atoms with Gasteiger partial charge < -0.3 is 9.80 Å². The minimum atomic E-state index is -0.840. The largest absolute Gasteiger partial charge is 0.338 e. The first kappa shape index (κ1) is 18.2. The smallest absolute Gasteiger partial charge is 0.263 e. The molecule has 3 aliphatic rings. The lowest BCUT2D eigenvalue weighted by atomic mass is 9.87. The lowest BCUT2D eigenvalue weighted by Gasteiger charge is -2.55. The Morgan fingerprint density at radius 3 is 2.87 bits per heavy atom. The third-order valence-corrected chi connectivity index (χ3v) is 5.55. The Balaban J connectivity index is 1.54. The maximum Gasteiger partial charge on any atom is 0.263 e. The summed E-state index contributed by atoms with van der Waals surface area (Å²) >= 11 is 0. The molecule has 0 spiro atoms. The van der Waals surface area contributed by atoms with Gasteiger partial charge in [0.25, 0.3) is 5.56 Å². The number of piperazine rings is 1. The van der Waals surface area contributed by atoms with Gasteiger partial charge in [-0.1, -0.05) is 0 Å². The van der Waals surface area contributed by atoms with Crippen LogP contribution in [0.15, 0.2) is 29.2 Å². The number of nitrogens with one attached hydrogen (secondary N) is 1. The predicted octanol–water partition coefficient (Wildman–Crippen LogP) is 1.09. The molecular formula is C19H15F2N7O2. The first-order valence-electron chi connectivity index (χ1n) is 9.35. The summed E-state index contributed by atoms with van der Waals surface area (Å²) in [7, 11) is 0. The van der Waals surface area contributed by atoms with Crippen molar-refractivity contribution in [1.82, 2.24) is 24.6 Å². The summed E-state index contributed by atoms with van der Waals surface area (Å²) in [6, 6.07) is 4.56. The Hall–Kier alpha value is -3.81. The average Bonchev–Trinajstić information content (AvgIpc) is 3.11. The quantitative estimate of drug-likeness (QED) is 0.688. The number of aromatic nitrogens is 4. The zero-order chi connectivity index (χ0) is 21.0. The molecule has 152 valence electrons. The molecule has 0 aliphatic carbocycles. The molecule has 1 aromatic carbocycles. The molecule has 1 N–H and O–H groups in total. The van der Waals surface area contributed by atoms with E-state index < -0.39 is 23.2 Å². The van der Waals surface area contributed by atoms with Crippen LogP contribution in [0.5, 0.6) is 0 Å². The van der Waals surface area contributed by atoms with Gasteiger partial charge in [-0.25, -0.2) is 13.5 Å². The second-order valence-electron chi connectivity index (χ2n) is 7.28. The molecule has 30 heavy (non-hydrogen) atoms. The molecule has 0 radical (unpaired) electrons. The number of amides is 1. The van der Waals surface area contributed by atoms with Crippen LogP contribution < -0.4 is 10.5 Å². The number of rotatable bonds is 4. The molecule has 11 heteroatoms. The number of hydrogen-bond donors (Lipinski definition) is 1. The van der Waals surface area contributed by atoms with Crippen molar-refractivity contribution in [2.45, 2.75) is 24.9 Å². The molecule has 2 atom stereocenters. The molecule has 2 bridgehead atoms. The number of H-pyrrole nitrogens is 1. The second kappa shape index (κ2) is 6.62. The fraction of sp³-hybridized carbons (Fsp3) is 0.316. The Kier molecular flexibility index (Phi) is 4.02. The highest BCUT2D eigenvalue weighted by atomic mass is 19.1. The van der Waals surface area contributed by atoms with Gasteiger partial charge >= 0.3 is 0 Å². The zero-order valence-electron chi connectivity index (χ0n) is 15.5. The lowest BCUT2D eigenvalue weighted by Crippen LogP contribution is -2.72. The Bertz CT molecular complexity index is 1280. The van der Waals surface area contributed by atoms with Crippen molar-refractivity contribution in [3.8, 4) is 11.8 Å². The number of benzene rings is 1. The molecule has 1 amide bonds. The number of nitriles is 1. The summed E-state index contributed by atoms with van der Waals surface area (Å²) in [4.78, 5) is 35.8. The van der Waals surface area contributed by atoms with Crippen LogP contribution in [0, 0.1) is 23.0 Å². The van der Waals surface area contributed by atoms with Crippen LogP contribution in [0.3, 0.4) is 0 Å². The van der Waals surface area contributed by atoms with Gasteiger partial charge in [0.2, 0.25) is 11.9 Å². The van der Waals surface area contributed by atoms with Gasteiger partial charge in [-0.05, 0) is 18.6 Å². The summed E-state index contributed by atoms with van der Waals surface area (Å²) in [5.74, 6) is -1.49. The third kappa shape index (κ3) is 2.64. The van der Waals surface area contributed by atoms with E-state index in [1.54, 1.807) is 9.80 Å². The number of anilines is 1. The monoisotopic (exact) mass is 411 g/mol. The number of nitrogens with zero attached hydrogens (tertiary/aromatic N) is 6. The first-order chi connectivity index (χ1) is 14.5. The first-order valence-corrected chi connectivity index (χ1v) is 9.35. The van der Waals surface area contributed by atoms with Crippen LogP contribution in [-0.2, 0) is 4.79 Å². The van der Waals surface area contributed by atoms with E-state index in [2.05, 4.69) is 15.1 Å². The number of carbonyl (C=O) groups excluding carboxylic acids is 1. The van der Waals surface area contributed by atoms with E-state index in [0.717, 1.165) is 16.8 Å². The molecule has 3 aliphatic heterocycles. The average molecular weight is 411 g/mol. The fourth-order valence-corrected chi connectivity index (χ4v) is 4.10. The van der Waals surface area contributed by atoms with E-state index in [-0.39, 0.29) is 41.0 Å². The van der Waals surface area contributed by atoms with E-state index in [4.69, 9.17) is 5.26 Å². The normalized spacial score (nSPS) is 20.4. The van der Waals surface area contributed by atoms with Gasteiger partial charge in [-0.2, -0.15) is 15.3 Å². The molecule has 3 saturated heterocycles. The van der Waals surface area contributed by atoms with Gasteiger partial charge in [0.05, 0.1) is 24.7 Å². The molecule has 6 rings (SSSR count). The van der Waals surface area contributed by atoms with Crippen molar-refractivity contribution in [2.24, 2.45) is 0 Å². The highest BCUT2D eigenvalue weighted by Crippen LogP contribution is 2.36. The standard InChI is InChI=1S/C19H15F2N7O2/c20-10-2-3-14(13(21)6-10)28-16-12(8-23-28)17(29)25-19(24-16)27-11-7-15(27)18(30)26(9-11)5-1-4-22/h2-3,6,8,11,15H,1,5,7,9H2,(H,24,25,29). The van der Waals surface area contributed by atoms with E-state index in [0.29, 0.717) is 19.5 Å². The van der Waals surface area contributed by atoms with E-state index in [1.165, 1.54) is 12.3 Å². The van der Waals surface area contributed by atoms with E-state index in [1.807, 2.05) is 6.07 Å². The molecule has 0 saturated carbocycles. The van der Waals surface area contributed by atoms with Crippen LogP contribution in [0.1, 0.15) is 12.8 Å². The Morgan fingerprint density at radius 1 is 1.30 bits per heavy atom. The molecule has 3 aromatic rings. The molecule has 9 nitrogen and oxygen atoms in total. The minimum Gasteiger partial charge on any atom is -0.338 e. The number of halogens is 2. The van der Waals surface area contributed by atoms with Gasteiger partial charge in [-0.3, -0.25) is 14.6 Å². The van der Waals surface area contributed by atoms with Crippen LogP contribution in [-0.4, -0.2) is 55.7 Å². The van der Waals surface area contributed by atoms with Crippen molar-refractivity contribution >= 4 is 22.9 Å². The van der Waals surface area contributed by atoms with Gasteiger partial charge in [-0.15, -0.1) is 0 Å². The molecular weight excluding hydrogens is 396 g/mol. The molecule has 2 unspecified atom stereocenters. The van der Waals surface area contributed by atoms with Crippen molar-refractivity contribution in [3.63, 3.8) is 0 Å². The summed E-state index contributed by atoms with van der Waals surface area (Å²) in [6.45, 7) is 0.806. The highest BCUT2D eigenvalue weighted by molar-refractivity contribution is 5.89. The lowest BCUT2D eigenvalue weighted by molar-refractivity contribution is -0.140. The predicted molar refractivity (Wildman–Crippen MR) is 101 cm³/mol. The summed E-state index contributed by atoms with van der Waals surface area (Å²) in [5.41, 5.74) is -0.404. The van der Waals surface area contributed by atoms with Crippen molar-refractivity contribution in [1.29, 1.82) is 5.26 Å². The zero-order valence-corrected chi connectivity index (χ0v) is 15.5. The van der Waals surface area contributed by atoms with Crippen molar-refractivity contribution < 1.29 is 13.6 Å². The van der Waals surface area contributed by atoms with Crippen LogP contribution in [0.2, 0.25) is 0 Å². The van der Waals surface area contributed by atoms with Gasteiger partial charge in [0.1, 0.15) is 22.9 Å². The summed E-state index contributed by atoms with van der Waals surface area (Å²) in [6.07, 6.45) is 2.16. The molecule has 5 heterocycles. The maximum absolute atomic E-state index is 14.3. The number of aromatic amines is 1. The third-order valence-electron chi connectivity index (χ3n) is 5.55. The molecule has 2 aromatic heterocycles. The van der Waals surface area contributed by atoms with E-state index in [9.17, 15) is 18.4 Å². The van der Waals surface area contributed by atoms with Crippen LogP contribution in [0.4, 0.5) is 14.7 Å².